The van der Waals surface area contributed by atoms with Gasteiger partial charge in [-0.15, -0.1) is 0 Å². The molecule has 0 bridgehead atoms. The number of likely N-dealkylation sites (N-methyl/N-ethyl adjacent to an activating group) is 1. The number of rotatable bonds is 6. The number of carbonyl (C=O) groups is 1. The molecule has 6 heteroatoms. The first kappa shape index (κ1) is 21.2. The number of amides is 1. The zero-order chi connectivity index (χ0) is 19.5. The fraction of sp³-hybridized carbons (Fsp3) is 0.579. The molecule has 2 atom stereocenters. The minimum atomic E-state index is -2.30. The first-order valence-corrected chi connectivity index (χ1v) is 11.3. The maximum Gasteiger partial charge on any atom is 0.267 e. The maximum atomic E-state index is 12.8. The Bertz CT molecular complexity index is 632. The van der Waals surface area contributed by atoms with Crippen molar-refractivity contribution < 1.29 is 14.0 Å². The molecule has 25 heavy (non-hydrogen) atoms. The van der Waals surface area contributed by atoms with Gasteiger partial charge in [0.2, 0.25) is 6.10 Å². The van der Waals surface area contributed by atoms with E-state index in [1.54, 1.807) is 33.2 Å². The van der Waals surface area contributed by atoms with Crippen LogP contribution < -0.4 is 4.74 Å². The van der Waals surface area contributed by atoms with E-state index in [-0.39, 0.29) is 10.9 Å². The van der Waals surface area contributed by atoms with E-state index >= 15 is 0 Å². The van der Waals surface area contributed by atoms with Crippen molar-refractivity contribution >= 4 is 14.2 Å². The van der Waals surface area contributed by atoms with Crippen LogP contribution in [0.4, 0.5) is 0 Å². The largest absolute Gasteiger partial charge is 0.476 e. The van der Waals surface area contributed by atoms with Crippen LogP contribution in [0.1, 0.15) is 27.7 Å². The fourth-order valence-corrected chi connectivity index (χ4v) is 3.61. The van der Waals surface area contributed by atoms with Crippen molar-refractivity contribution in [3.8, 4) is 11.8 Å². The van der Waals surface area contributed by atoms with Crippen LogP contribution in [0.5, 0.6) is 5.75 Å². The molecular formula is C19H30N2O3Si. The average Bonchev–Trinajstić information content (AvgIpc) is 2.51. The summed E-state index contributed by atoms with van der Waals surface area (Å²) >= 11 is 0. The van der Waals surface area contributed by atoms with E-state index in [1.807, 2.05) is 18.2 Å². The monoisotopic (exact) mass is 362 g/mol. The predicted molar refractivity (Wildman–Crippen MR) is 102 cm³/mol. The third-order valence-corrected chi connectivity index (χ3v) is 9.20. The number of ether oxygens (including phenoxy) is 1. The molecule has 0 saturated heterocycles. The SMILES string of the molecule is CN(C)C(=O)C(Oc1ccccc1)[C@](C)(C#N)O[Si](C)(C)C(C)(C)C. The van der Waals surface area contributed by atoms with Gasteiger partial charge in [0.15, 0.2) is 13.9 Å². The Morgan fingerprint density at radius 1 is 1.16 bits per heavy atom. The predicted octanol–water partition coefficient (Wildman–Crippen LogP) is 3.83. The Kier molecular flexibility index (Phi) is 6.43. The minimum Gasteiger partial charge on any atom is -0.476 e. The molecule has 5 nitrogen and oxygen atoms in total. The van der Waals surface area contributed by atoms with Gasteiger partial charge in [0.25, 0.3) is 5.91 Å². The summed E-state index contributed by atoms with van der Waals surface area (Å²) in [5, 5.41) is 9.80. The van der Waals surface area contributed by atoms with Gasteiger partial charge in [-0.1, -0.05) is 39.0 Å². The quantitative estimate of drug-likeness (QED) is 0.722. The summed E-state index contributed by atoms with van der Waals surface area (Å²) in [6, 6.07) is 11.2. The molecule has 1 aromatic carbocycles. The number of carbonyl (C=O) groups excluding carboxylic acids is 1. The number of hydrogen-bond acceptors (Lipinski definition) is 4. The van der Waals surface area contributed by atoms with Gasteiger partial charge in [0.1, 0.15) is 11.8 Å². The zero-order valence-electron chi connectivity index (χ0n) is 16.6. The normalized spacial score (nSPS) is 15.6. The van der Waals surface area contributed by atoms with Gasteiger partial charge < -0.3 is 14.1 Å². The van der Waals surface area contributed by atoms with Gasteiger partial charge in [-0.05, 0) is 37.2 Å². The molecule has 0 aliphatic carbocycles. The summed E-state index contributed by atoms with van der Waals surface area (Å²) in [6.45, 7) is 12.0. The van der Waals surface area contributed by atoms with E-state index in [9.17, 15) is 10.1 Å². The van der Waals surface area contributed by atoms with Crippen molar-refractivity contribution in [3.05, 3.63) is 30.3 Å². The molecule has 1 aromatic rings. The van der Waals surface area contributed by atoms with E-state index < -0.39 is 20.0 Å². The lowest BCUT2D eigenvalue weighted by molar-refractivity contribution is -0.143. The van der Waals surface area contributed by atoms with Crippen molar-refractivity contribution in [2.75, 3.05) is 14.1 Å². The molecule has 138 valence electrons. The topological polar surface area (TPSA) is 62.6 Å². The first-order valence-electron chi connectivity index (χ1n) is 8.38. The van der Waals surface area contributed by atoms with E-state index in [1.165, 1.54) is 4.90 Å². The third-order valence-electron chi connectivity index (χ3n) is 4.66. The highest BCUT2D eigenvalue weighted by molar-refractivity contribution is 6.74. The van der Waals surface area contributed by atoms with Gasteiger partial charge in [-0.2, -0.15) is 5.26 Å². The van der Waals surface area contributed by atoms with Crippen LogP contribution in [-0.4, -0.2) is 44.9 Å². The smallest absolute Gasteiger partial charge is 0.267 e. The van der Waals surface area contributed by atoms with E-state index in [2.05, 4.69) is 39.9 Å². The van der Waals surface area contributed by atoms with Gasteiger partial charge in [0.05, 0.1) is 0 Å². The first-order chi connectivity index (χ1) is 11.3. The van der Waals surface area contributed by atoms with Crippen LogP contribution in [-0.2, 0) is 9.22 Å². The summed E-state index contributed by atoms with van der Waals surface area (Å²) in [4.78, 5) is 14.2. The lowest BCUT2D eigenvalue weighted by atomic mass is 10.00. The molecule has 1 rings (SSSR count). The van der Waals surface area contributed by atoms with E-state index in [0.29, 0.717) is 5.75 Å². The molecule has 1 amide bonds. The second kappa shape index (κ2) is 7.59. The molecule has 0 radical (unpaired) electrons. The summed E-state index contributed by atoms with van der Waals surface area (Å²) in [6.07, 6.45) is -1.05. The Hall–Kier alpha value is -1.84. The Labute approximate surface area is 152 Å². The van der Waals surface area contributed by atoms with Crippen molar-refractivity contribution in [2.45, 2.75) is 57.5 Å². The van der Waals surface area contributed by atoms with Crippen molar-refractivity contribution in [1.82, 2.24) is 4.90 Å². The van der Waals surface area contributed by atoms with Crippen molar-refractivity contribution in [1.29, 1.82) is 5.26 Å². The highest BCUT2D eigenvalue weighted by atomic mass is 28.4. The summed E-state index contributed by atoms with van der Waals surface area (Å²) in [5.74, 6) is 0.231. The number of para-hydroxylation sites is 1. The minimum absolute atomic E-state index is 0.0937. The van der Waals surface area contributed by atoms with Crippen molar-refractivity contribution in [3.63, 3.8) is 0 Å². The lowest BCUT2D eigenvalue weighted by Gasteiger charge is -2.43. The number of nitrogens with zero attached hydrogens (tertiary/aromatic N) is 2. The zero-order valence-corrected chi connectivity index (χ0v) is 17.6. The van der Waals surface area contributed by atoms with Crippen LogP contribution in [0.2, 0.25) is 18.1 Å². The highest BCUT2D eigenvalue weighted by Crippen LogP contribution is 2.40. The van der Waals surface area contributed by atoms with Crippen molar-refractivity contribution in [2.24, 2.45) is 0 Å². The molecule has 0 aliphatic heterocycles. The van der Waals surface area contributed by atoms with Gasteiger partial charge in [0, 0.05) is 14.1 Å². The van der Waals surface area contributed by atoms with Crippen LogP contribution in [0, 0.1) is 11.3 Å². The molecule has 0 fully saturated rings. The second-order valence-corrected chi connectivity index (χ2v) is 12.8. The molecule has 0 N–H and O–H groups in total. The van der Waals surface area contributed by atoms with Gasteiger partial charge >= 0.3 is 0 Å². The fourth-order valence-electron chi connectivity index (χ4n) is 2.09. The third kappa shape index (κ3) is 5.07. The average molecular weight is 363 g/mol. The Morgan fingerprint density at radius 2 is 1.68 bits per heavy atom. The van der Waals surface area contributed by atoms with Crippen LogP contribution in [0.3, 0.4) is 0 Å². The van der Waals surface area contributed by atoms with E-state index in [4.69, 9.17) is 9.16 Å². The van der Waals surface area contributed by atoms with Crippen LogP contribution in [0.15, 0.2) is 30.3 Å². The van der Waals surface area contributed by atoms with E-state index in [0.717, 1.165) is 0 Å². The second-order valence-electron chi connectivity index (χ2n) is 8.12. The lowest BCUT2D eigenvalue weighted by Crippen LogP contribution is -2.59. The Balaban J connectivity index is 3.29. The van der Waals surface area contributed by atoms with Crippen LogP contribution in [0.25, 0.3) is 0 Å². The maximum absolute atomic E-state index is 12.8. The summed E-state index contributed by atoms with van der Waals surface area (Å²) < 4.78 is 12.3. The molecule has 0 aliphatic rings. The molecule has 0 spiro atoms. The molecule has 0 heterocycles. The molecular weight excluding hydrogens is 332 g/mol. The van der Waals surface area contributed by atoms with Gasteiger partial charge in [-0.3, -0.25) is 4.79 Å². The Morgan fingerprint density at radius 3 is 2.08 bits per heavy atom. The molecule has 1 unspecified atom stereocenters. The number of hydrogen-bond donors (Lipinski definition) is 0. The highest BCUT2D eigenvalue weighted by Gasteiger charge is 2.50. The summed E-state index contributed by atoms with van der Waals surface area (Å²) in [7, 11) is 0.998. The summed E-state index contributed by atoms with van der Waals surface area (Å²) in [5.41, 5.74) is -1.39. The number of nitriles is 1. The number of benzene rings is 1. The van der Waals surface area contributed by atoms with Crippen LogP contribution >= 0.6 is 0 Å². The standard InChI is InChI=1S/C19H30N2O3Si/c1-18(2,3)25(7,8)24-19(4,14-20)16(17(22)21(5)6)23-15-12-10-9-11-13-15/h9-13,16H,1-8H3/t16?,19-/m0/s1. The molecule has 0 saturated carbocycles. The molecule has 0 aromatic heterocycles. The van der Waals surface area contributed by atoms with Gasteiger partial charge in [-0.25, -0.2) is 0 Å².